The standard InChI is InChI=1S/C14H23NO/c1-3-12-9-14(13(12)4-1)15-7-2-8-16-10-11-5-6-11/h1,4,11-15H,2-3,5-10H2. The second-order valence-electron chi connectivity index (χ2n) is 5.67. The maximum Gasteiger partial charge on any atom is 0.0494 e. The van der Waals surface area contributed by atoms with Gasteiger partial charge in [-0.25, -0.2) is 0 Å². The highest BCUT2D eigenvalue weighted by molar-refractivity contribution is 5.12. The van der Waals surface area contributed by atoms with Crippen molar-refractivity contribution in [2.24, 2.45) is 17.8 Å². The van der Waals surface area contributed by atoms with Crippen LogP contribution in [0.25, 0.3) is 0 Å². The second kappa shape index (κ2) is 4.89. The van der Waals surface area contributed by atoms with Gasteiger partial charge in [0.2, 0.25) is 0 Å². The van der Waals surface area contributed by atoms with Crippen molar-refractivity contribution in [3.63, 3.8) is 0 Å². The Morgan fingerprint density at radius 3 is 3.06 bits per heavy atom. The Labute approximate surface area is 98.4 Å². The van der Waals surface area contributed by atoms with E-state index in [0.29, 0.717) is 0 Å². The molecule has 2 saturated carbocycles. The van der Waals surface area contributed by atoms with Gasteiger partial charge in [0.1, 0.15) is 0 Å². The number of nitrogens with one attached hydrogen (secondary N) is 1. The molecule has 16 heavy (non-hydrogen) atoms. The van der Waals surface area contributed by atoms with Gasteiger partial charge in [0.15, 0.2) is 0 Å². The first-order valence-corrected chi connectivity index (χ1v) is 6.91. The number of hydrogen-bond donors (Lipinski definition) is 1. The third kappa shape index (κ3) is 2.49. The van der Waals surface area contributed by atoms with Gasteiger partial charge >= 0.3 is 0 Å². The van der Waals surface area contributed by atoms with E-state index in [4.69, 9.17) is 4.74 Å². The molecule has 3 aliphatic carbocycles. The van der Waals surface area contributed by atoms with Crippen LogP contribution in [-0.2, 0) is 4.74 Å². The van der Waals surface area contributed by atoms with Crippen molar-refractivity contribution in [2.75, 3.05) is 19.8 Å². The Bertz CT molecular complexity index is 259. The molecule has 0 spiro atoms. The molecule has 0 aromatic rings. The van der Waals surface area contributed by atoms with Gasteiger partial charge in [0.05, 0.1) is 0 Å². The third-order valence-electron chi connectivity index (χ3n) is 4.29. The molecule has 2 heteroatoms. The molecule has 0 amide bonds. The summed E-state index contributed by atoms with van der Waals surface area (Å²) in [5.41, 5.74) is 0. The van der Waals surface area contributed by atoms with Crippen molar-refractivity contribution in [3.05, 3.63) is 12.2 Å². The van der Waals surface area contributed by atoms with E-state index in [-0.39, 0.29) is 0 Å². The van der Waals surface area contributed by atoms with E-state index in [1.165, 1.54) is 32.1 Å². The lowest BCUT2D eigenvalue weighted by Crippen LogP contribution is -2.48. The molecule has 90 valence electrons. The molecular weight excluding hydrogens is 198 g/mol. The van der Waals surface area contributed by atoms with Crippen LogP contribution in [0.1, 0.15) is 32.1 Å². The number of rotatable bonds is 7. The van der Waals surface area contributed by atoms with E-state index in [9.17, 15) is 0 Å². The van der Waals surface area contributed by atoms with Gasteiger partial charge < -0.3 is 10.1 Å². The molecule has 0 radical (unpaired) electrons. The highest BCUT2D eigenvalue weighted by atomic mass is 16.5. The Balaban J connectivity index is 1.20. The zero-order valence-electron chi connectivity index (χ0n) is 10.0. The lowest BCUT2D eigenvalue weighted by Gasteiger charge is -2.40. The van der Waals surface area contributed by atoms with E-state index < -0.39 is 0 Å². The number of ether oxygens (including phenoxy) is 1. The summed E-state index contributed by atoms with van der Waals surface area (Å²) in [6.45, 7) is 3.09. The fraction of sp³-hybridized carbons (Fsp3) is 0.857. The van der Waals surface area contributed by atoms with E-state index in [0.717, 1.165) is 43.6 Å². The van der Waals surface area contributed by atoms with Crippen LogP contribution >= 0.6 is 0 Å². The van der Waals surface area contributed by atoms with E-state index in [1.54, 1.807) is 0 Å². The van der Waals surface area contributed by atoms with Crippen molar-refractivity contribution in [1.82, 2.24) is 5.32 Å². The first-order valence-electron chi connectivity index (χ1n) is 6.91. The lowest BCUT2D eigenvalue weighted by atomic mass is 9.71. The molecule has 2 fully saturated rings. The number of allylic oxidation sites excluding steroid dienone is 1. The van der Waals surface area contributed by atoms with Gasteiger partial charge in [-0.3, -0.25) is 0 Å². The molecule has 1 N–H and O–H groups in total. The average Bonchev–Trinajstić information content (AvgIpc) is 3.01. The molecule has 3 aliphatic rings. The van der Waals surface area contributed by atoms with Crippen LogP contribution < -0.4 is 5.32 Å². The third-order valence-corrected chi connectivity index (χ3v) is 4.29. The minimum Gasteiger partial charge on any atom is -0.381 e. The molecule has 0 aromatic carbocycles. The summed E-state index contributed by atoms with van der Waals surface area (Å²) in [6.07, 6.45) is 11.5. The molecule has 0 aromatic heterocycles. The summed E-state index contributed by atoms with van der Waals surface area (Å²) in [4.78, 5) is 0. The quantitative estimate of drug-likeness (QED) is 0.526. The molecule has 3 unspecified atom stereocenters. The van der Waals surface area contributed by atoms with Gasteiger partial charge in [0.25, 0.3) is 0 Å². The Morgan fingerprint density at radius 2 is 2.25 bits per heavy atom. The first-order chi connectivity index (χ1) is 7.93. The monoisotopic (exact) mass is 221 g/mol. The molecule has 0 heterocycles. The average molecular weight is 221 g/mol. The Hall–Kier alpha value is -0.340. The maximum atomic E-state index is 5.62. The molecule has 2 nitrogen and oxygen atoms in total. The van der Waals surface area contributed by atoms with Gasteiger partial charge in [-0.05, 0) is 56.4 Å². The highest BCUT2D eigenvalue weighted by Crippen LogP contribution is 2.42. The van der Waals surface area contributed by atoms with Crippen molar-refractivity contribution in [2.45, 2.75) is 38.1 Å². The van der Waals surface area contributed by atoms with Crippen LogP contribution in [0.4, 0.5) is 0 Å². The summed E-state index contributed by atoms with van der Waals surface area (Å²) < 4.78 is 5.62. The predicted molar refractivity (Wildman–Crippen MR) is 65.3 cm³/mol. The first kappa shape index (κ1) is 10.8. The van der Waals surface area contributed by atoms with Crippen LogP contribution in [0, 0.1) is 17.8 Å². The van der Waals surface area contributed by atoms with E-state index >= 15 is 0 Å². The molecule has 0 saturated heterocycles. The molecule has 0 bridgehead atoms. The minimum atomic E-state index is 0.771. The lowest BCUT2D eigenvalue weighted by molar-refractivity contribution is 0.115. The highest BCUT2D eigenvalue weighted by Gasteiger charge is 2.40. The van der Waals surface area contributed by atoms with Gasteiger partial charge in [-0.2, -0.15) is 0 Å². The SMILES string of the molecule is C1=CC2C(C1)CC2NCCCOCC1CC1. The van der Waals surface area contributed by atoms with Crippen molar-refractivity contribution in [3.8, 4) is 0 Å². The summed E-state index contributed by atoms with van der Waals surface area (Å²) in [7, 11) is 0. The molecular formula is C14H23NO. The van der Waals surface area contributed by atoms with Crippen LogP contribution in [0.2, 0.25) is 0 Å². The zero-order valence-corrected chi connectivity index (χ0v) is 10.0. The minimum absolute atomic E-state index is 0.771. The Kier molecular flexibility index (Phi) is 3.30. The molecule has 3 atom stereocenters. The normalized spacial score (nSPS) is 36.1. The fourth-order valence-electron chi connectivity index (χ4n) is 2.94. The zero-order chi connectivity index (χ0) is 10.8. The van der Waals surface area contributed by atoms with Gasteiger partial charge in [-0.1, -0.05) is 12.2 Å². The summed E-state index contributed by atoms with van der Waals surface area (Å²) in [6, 6.07) is 0.771. The Morgan fingerprint density at radius 1 is 1.31 bits per heavy atom. The predicted octanol–water partition coefficient (Wildman–Crippen LogP) is 2.36. The van der Waals surface area contributed by atoms with Crippen LogP contribution in [0.5, 0.6) is 0 Å². The van der Waals surface area contributed by atoms with Crippen molar-refractivity contribution in [1.29, 1.82) is 0 Å². The fourth-order valence-corrected chi connectivity index (χ4v) is 2.94. The number of fused-ring (bicyclic) bond motifs is 1. The summed E-state index contributed by atoms with van der Waals surface area (Å²) in [5, 5.41) is 3.66. The van der Waals surface area contributed by atoms with Crippen LogP contribution in [-0.4, -0.2) is 25.8 Å². The van der Waals surface area contributed by atoms with E-state index in [1.807, 2.05) is 0 Å². The largest absolute Gasteiger partial charge is 0.381 e. The van der Waals surface area contributed by atoms with Crippen molar-refractivity contribution < 1.29 is 4.74 Å². The topological polar surface area (TPSA) is 21.3 Å². The second-order valence-corrected chi connectivity index (χ2v) is 5.67. The molecule has 0 aliphatic heterocycles. The summed E-state index contributed by atoms with van der Waals surface area (Å²) >= 11 is 0. The smallest absolute Gasteiger partial charge is 0.0494 e. The van der Waals surface area contributed by atoms with Gasteiger partial charge in [0, 0.05) is 19.3 Å². The van der Waals surface area contributed by atoms with Crippen LogP contribution in [0.15, 0.2) is 12.2 Å². The van der Waals surface area contributed by atoms with Crippen molar-refractivity contribution >= 4 is 0 Å². The maximum absolute atomic E-state index is 5.62. The van der Waals surface area contributed by atoms with E-state index in [2.05, 4.69) is 17.5 Å². The van der Waals surface area contributed by atoms with Gasteiger partial charge in [-0.15, -0.1) is 0 Å². The molecule has 3 rings (SSSR count). The number of hydrogen-bond acceptors (Lipinski definition) is 2. The van der Waals surface area contributed by atoms with Crippen LogP contribution in [0.3, 0.4) is 0 Å². The summed E-state index contributed by atoms with van der Waals surface area (Å²) in [5.74, 6) is 2.74.